The number of carbonyl (C=O) groups excluding carboxylic acids is 2. The molecule has 3 rings (SSSR count). The quantitative estimate of drug-likeness (QED) is 0.562. The maximum Gasteiger partial charge on any atom is 0.233 e. The molecule has 0 unspecified atom stereocenters. The zero-order chi connectivity index (χ0) is 20.3. The predicted octanol–water partition coefficient (Wildman–Crippen LogP) is 2.15. The highest BCUT2D eigenvalue weighted by molar-refractivity contribution is 7.99. The number of benzene rings is 1. The normalized spacial score (nSPS) is 12.2. The fourth-order valence-electron chi connectivity index (χ4n) is 2.60. The van der Waals surface area contributed by atoms with E-state index in [4.69, 9.17) is 5.73 Å². The first-order valence-electron chi connectivity index (χ1n) is 8.77. The second kappa shape index (κ2) is 8.70. The third-order valence-electron chi connectivity index (χ3n) is 4.49. The van der Waals surface area contributed by atoms with E-state index >= 15 is 0 Å². The second-order valence-electron chi connectivity index (χ2n) is 6.41. The molecule has 0 spiro atoms. The van der Waals surface area contributed by atoms with E-state index in [0.717, 1.165) is 15.2 Å². The zero-order valence-corrected chi connectivity index (χ0v) is 17.6. The fourth-order valence-corrected chi connectivity index (χ4v) is 4.52. The van der Waals surface area contributed by atoms with Gasteiger partial charge in [-0.1, -0.05) is 23.9 Å². The second-order valence-corrected chi connectivity index (χ2v) is 8.42. The molecule has 10 heteroatoms. The van der Waals surface area contributed by atoms with Gasteiger partial charge in [0.25, 0.3) is 0 Å². The number of amides is 2. The average Bonchev–Trinajstić information content (AvgIpc) is 3.26. The van der Waals surface area contributed by atoms with Crippen LogP contribution in [-0.4, -0.2) is 49.3 Å². The van der Waals surface area contributed by atoms with Crippen molar-refractivity contribution in [2.45, 2.75) is 31.0 Å². The molecule has 0 bridgehead atoms. The highest BCUT2D eigenvalue weighted by atomic mass is 32.2. The smallest absolute Gasteiger partial charge is 0.233 e. The molecule has 0 saturated heterocycles. The summed E-state index contributed by atoms with van der Waals surface area (Å²) in [5.74, 6) is 0.522. The largest absolute Gasteiger partial charge is 0.370 e. The van der Waals surface area contributed by atoms with Crippen LogP contribution in [0.25, 0.3) is 10.2 Å². The van der Waals surface area contributed by atoms with Gasteiger partial charge in [-0.05, 0) is 19.1 Å². The Bertz CT molecular complexity index is 966. The molecule has 2 heterocycles. The maximum absolute atomic E-state index is 12.6. The number of rotatable bonds is 8. The van der Waals surface area contributed by atoms with Crippen LogP contribution in [0.4, 0.5) is 0 Å². The van der Waals surface area contributed by atoms with Gasteiger partial charge >= 0.3 is 0 Å². The minimum atomic E-state index is -0.377. The van der Waals surface area contributed by atoms with Crippen molar-refractivity contribution >= 4 is 45.1 Å². The number of nitrogens with zero attached hydrogens (tertiary/aromatic N) is 5. The van der Waals surface area contributed by atoms with Crippen LogP contribution in [0.5, 0.6) is 0 Å². The van der Waals surface area contributed by atoms with Crippen LogP contribution in [0, 0.1) is 0 Å². The average molecular weight is 419 g/mol. The van der Waals surface area contributed by atoms with Gasteiger partial charge in [0.05, 0.1) is 22.0 Å². The number of hydrogen-bond acceptors (Lipinski definition) is 7. The van der Waals surface area contributed by atoms with Crippen LogP contribution in [-0.2, 0) is 23.1 Å². The molecule has 8 nitrogen and oxygen atoms in total. The number of aromatic nitrogens is 4. The van der Waals surface area contributed by atoms with Crippen LogP contribution in [0.2, 0.25) is 0 Å². The lowest BCUT2D eigenvalue weighted by atomic mass is 10.3. The summed E-state index contributed by atoms with van der Waals surface area (Å²) in [4.78, 5) is 29.9. The van der Waals surface area contributed by atoms with Crippen LogP contribution < -0.4 is 5.73 Å². The third kappa shape index (κ3) is 4.50. The molecule has 28 heavy (non-hydrogen) atoms. The molecule has 2 aromatic heterocycles. The maximum atomic E-state index is 12.6. The summed E-state index contributed by atoms with van der Waals surface area (Å²) in [5, 5.41) is 9.71. The van der Waals surface area contributed by atoms with Crippen molar-refractivity contribution in [3.8, 4) is 0 Å². The van der Waals surface area contributed by atoms with Crippen molar-refractivity contribution < 1.29 is 9.59 Å². The zero-order valence-electron chi connectivity index (χ0n) is 16.0. The van der Waals surface area contributed by atoms with Gasteiger partial charge in [0, 0.05) is 26.9 Å². The van der Waals surface area contributed by atoms with Crippen molar-refractivity contribution in [1.29, 1.82) is 0 Å². The summed E-state index contributed by atoms with van der Waals surface area (Å²) in [6.45, 7) is 1.98. The van der Waals surface area contributed by atoms with Crippen molar-refractivity contribution in [3.05, 3.63) is 35.1 Å². The first kappa shape index (κ1) is 20.3. The van der Waals surface area contributed by atoms with Gasteiger partial charge in [0.2, 0.25) is 11.8 Å². The van der Waals surface area contributed by atoms with Gasteiger partial charge in [-0.25, -0.2) is 4.98 Å². The third-order valence-corrected chi connectivity index (χ3v) is 6.70. The minimum Gasteiger partial charge on any atom is -0.370 e. The van der Waals surface area contributed by atoms with E-state index < -0.39 is 0 Å². The van der Waals surface area contributed by atoms with Gasteiger partial charge < -0.3 is 15.2 Å². The van der Waals surface area contributed by atoms with Crippen LogP contribution >= 0.6 is 23.1 Å². The van der Waals surface area contributed by atoms with E-state index in [1.54, 1.807) is 27.9 Å². The molecule has 0 aliphatic rings. The SMILES string of the molecule is C[C@H](c1nc2ccccc2s1)N(C)C(=O)CSc1nnc(CCC(N)=O)n1C. The molecule has 0 aliphatic carbocycles. The lowest BCUT2D eigenvalue weighted by Gasteiger charge is -2.23. The van der Waals surface area contributed by atoms with E-state index in [-0.39, 0.29) is 30.0 Å². The molecule has 1 atom stereocenters. The summed E-state index contributed by atoms with van der Waals surface area (Å²) < 4.78 is 2.90. The molecule has 2 N–H and O–H groups in total. The van der Waals surface area contributed by atoms with Gasteiger partial charge in [-0.15, -0.1) is 21.5 Å². The first-order chi connectivity index (χ1) is 13.4. The minimum absolute atomic E-state index is 0.0153. The Morgan fingerprint density at radius 3 is 2.79 bits per heavy atom. The van der Waals surface area contributed by atoms with E-state index in [2.05, 4.69) is 15.2 Å². The Morgan fingerprint density at radius 2 is 2.07 bits per heavy atom. The Labute approximate surface area is 171 Å². The summed E-state index contributed by atoms with van der Waals surface area (Å²) in [6.07, 6.45) is 0.653. The van der Waals surface area contributed by atoms with Gasteiger partial charge in [0.1, 0.15) is 10.8 Å². The number of carbonyl (C=O) groups is 2. The highest BCUT2D eigenvalue weighted by Crippen LogP contribution is 2.29. The number of thioether (sulfide) groups is 1. The monoisotopic (exact) mass is 418 g/mol. The molecular formula is C18H22N6O2S2. The molecule has 2 amide bonds. The predicted molar refractivity (Wildman–Crippen MR) is 110 cm³/mol. The summed E-state index contributed by atoms with van der Waals surface area (Å²) >= 11 is 2.92. The summed E-state index contributed by atoms with van der Waals surface area (Å²) in [6, 6.07) is 7.84. The van der Waals surface area contributed by atoms with Crippen LogP contribution in [0.15, 0.2) is 29.4 Å². The molecule has 0 radical (unpaired) electrons. The molecule has 0 fully saturated rings. The molecule has 1 aromatic carbocycles. The molecule has 148 valence electrons. The topological polar surface area (TPSA) is 107 Å². The number of para-hydroxylation sites is 1. The number of primary amides is 1. The van der Waals surface area contributed by atoms with Crippen LogP contribution in [0.3, 0.4) is 0 Å². The Balaban J connectivity index is 1.60. The highest BCUT2D eigenvalue weighted by Gasteiger charge is 2.21. The fraction of sp³-hybridized carbons (Fsp3) is 0.389. The first-order valence-corrected chi connectivity index (χ1v) is 10.6. The Kier molecular flexibility index (Phi) is 6.30. The number of aryl methyl sites for hydroxylation is 1. The van der Waals surface area contributed by atoms with Crippen molar-refractivity contribution in [3.63, 3.8) is 0 Å². The van der Waals surface area contributed by atoms with Crippen molar-refractivity contribution in [2.75, 3.05) is 12.8 Å². The van der Waals surface area contributed by atoms with Gasteiger partial charge in [-0.2, -0.15) is 0 Å². The number of fused-ring (bicyclic) bond motifs is 1. The molecule has 0 aliphatic heterocycles. The molecule has 3 aromatic rings. The molecule has 0 saturated carbocycles. The van der Waals surface area contributed by atoms with Gasteiger partial charge in [0.15, 0.2) is 5.16 Å². The van der Waals surface area contributed by atoms with E-state index in [9.17, 15) is 9.59 Å². The molecular weight excluding hydrogens is 396 g/mol. The number of hydrogen-bond donors (Lipinski definition) is 1. The standard InChI is InChI=1S/C18H22N6O2S2/c1-11(17-20-12-6-4-5-7-13(12)28-17)23(2)16(26)10-27-18-22-21-15(24(18)3)9-8-14(19)25/h4-7,11H,8-10H2,1-3H3,(H2,19,25)/t11-/m1/s1. The van der Waals surface area contributed by atoms with Crippen molar-refractivity contribution in [1.82, 2.24) is 24.6 Å². The van der Waals surface area contributed by atoms with Crippen LogP contribution in [0.1, 0.15) is 30.2 Å². The number of nitrogens with two attached hydrogens (primary N) is 1. The van der Waals surface area contributed by atoms with E-state index in [0.29, 0.717) is 17.4 Å². The van der Waals surface area contributed by atoms with Gasteiger partial charge in [-0.3, -0.25) is 9.59 Å². The van der Waals surface area contributed by atoms with E-state index in [1.807, 2.05) is 38.2 Å². The van der Waals surface area contributed by atoms with E-state index in [1.165, 1.54) is 11.8 Å². The van der Waals surface area contributed by atoms with Crippen molar-refractivity contribution in [2.24, 2.45) is 12.8 Å². The number of thiazole rings is 1. The Morgan fingerprint density at radius 1 is 1.32 bits per heavy atom. The lowest BCUT2D eigenvalue weighted by Crippen LogP contribution is -2.31. The Hall–Kier alpha value is -2.46. The summed E-state index contributed by atoms with van der Waals surface area (Å²) in [5.41, 5.74) is 6.12. The summed E-state index contributed by atoms with van der Waals surface area (Å²) in [7, 11) is 3.60. The lowest BCUT2D eigenvalue weighted by molar-refractivity contribution is -0.129.